The molecule has 0 radical (unpaired) electrons. The third-order valence-corrected chi connectivity index (χ3v) is 4.75. The second kappa shape index (κ2) is 5.83. The molecular weight excluding hydrogens is 326 g/mol. The van der Waals surface area contributed by atoms with Crippen LogP contribution in [0.2, 0.25) is 0 Å². The first kappa shape index (κ1) is 14.9. The molecule has 1 saturated heterocycles. The lowest BCUT2D eigenvalue weighted by atomic mass is 10.1. The molecule has 0 unspecified atom stereocenters. The van der Waals surface area contributed by atoms with Crippen LogP contribution in [0, 0.1) is 11.3 Å². The number of hydrogen-bond acceptors (Lipinski definition) is 4. The van der Waals surface area contributed by atoms with Gasteiger partial charge in [-0.15, -0.1) is 0 Å². The molecule has 4 aromatic rings. The summed E-state index contributed by atoms with van der Waals surface area (Å²) in [6, 6.07) is 14.2. The van der Waals surface area contributed by atoms with E-state index in [4.69, 9.17) is 10.00 Å². The summed E-state index contributed by atoms with van der Waals surface area (Å²) in [4.78, 5) is 4.54. The molecule has 3 aromatic heterocycles. The fraction of sp³-hybridized carbons (Fsp3) is 0.150. The van der Waals surface area contributed by atoms with Crippen LogP contribution in [-0.4, -0.2) is 32.4 Å². The van der Waals surface area contributed by atoms with Crippen molar-refractivity contribution < 1.29 is 4.74 Å². The molecular formula is C20H15N5O. The zero-order valence-electron chi connectivity index (χ0n) is 13.9. The number of nitriles is 1. The van der Waals surface area contributed by atoms with E-state index in [1.54, 1.807) is 0 Å². The number of ether oxygens (including phenoxy) is 1. The van der Waals surface area contributed by atoms with Crippen molar-refractivity contribution in [1.29, 1.82) is 5.26 Å². The van der Waals surface area contributed by atoms with Crippen molar-refractivity contribution in [3.8, 4) is 28.5 Å². The van der Waals surface area contributed by atoms with Gasteiger partial charge < -0.3 is 4.74 Å². The Kier molecular flexibility index (Phi) is 3.33. The van der Waals surface area contributed by atoms with Crippen LogP contribution in [0.15, 0.2) is 61.2 Å². The number of hydrogen-bond donors (Lipinski definition) is 0. The van der Waals surface area contributed by atoms with Gasteiger partial charge in [0.25, 0.3) is 0 Å². The first-order chi connectivity index (χ1) is 12.8. The number of fused-ring (bicyclic) bond motifs is 1. The Bertz CT molecular complexity index is 1130. The van der Waals surface area contributed by atoms with E-state index in [2.05, 4.69) is 38.9 Å². The predicted octanol–water partition coefficient (Wildman–Crippen LogP) is 3.31. The second-order valence-electron chi connectivity index (χ2n) is 6.38. The van der Waals surface area contributed by atoms with Crippen LogP contribution in [0.3, 0.4) is 0 Å². The highest BCUT2D eigenvalue weighted by atomic mass is 16.5. The predicted molar refractivity (Wildman–Crippen MR) is 96.4 cm³/mol. The van der Waals surface area contributed by atoms with E-state index in [-0.39, 0.29) is 0 Å². The monoisotopic (exact) mass is 341 g/mol. The highest BCUT2D eigenvalue weighted by Gasteiger charge is 2.21. The maximum absolute atomic E-state index is 8.94. The van der Waals surface area contributed by atoms with Crippen molar-refractivity contribution in [2.75, 3.05) is 13.2 Å². The Hall–Kier alpha value is -3.43. The summed E-state index contributed by atoms with van der Waals surface area (Å²) in [5.41, 5.74) is 5.71. The van der Waals surface area contributed by atoms with Crippen LogP contribution >= 0.6 is 0 Å². The molecule has 0 N–H and O–H groups in total. The molecule has 1 aliphatic heterocycles. The average molecular weight is 341 g/mol. The maximum Gasteiger partial charge on any atom is 0.137 e. The number of benzene rings is 1. The van der Waals surface area contributed by atoms with E-state index in [1.807, 2.05) is 47.5 Å². The molecule has 1 aromatic carbocycles. The van der Waals surface area contributed by atoms with Crippen LogP contribution in [0.1, 0.15) is 11.6 Å². The van der Waals surface area contributed by atoms with Gasteiger partial charge in [-0.05, 0) is 29.8 Å². The number of nitrogens with zero attached hydrogens (tertiary/aromatic N) is 5. The standard InChI is InChI=1S/C20H15N5O/c21-8-14-1-3-15(4-2-14)19-10-22-20-7-16(5-6-24(19)20)17-9-23-25(11-17)18-12-26-13-18/h1-7,9-11,18H,12-13H2. The van der Waals surface area contributed by atoms with Gasteiger partial charge in [0.05, 0.1) is 49.0 Å². The number of aromatic nitrogens is 4. The average Bonchev–Trinajstić information content (AvgIpc) is 3.27. The quantitative estimate of drug-likeness (QED) is 0.573. The van der Waals surface area contributed by atoms with E-state index < -0.39 is 0 Å². The minimum absolute atomic E-state index is 0.349. The summed E-state index contributed by atoms with van der Waals surface area (Å²) in [5, 5.41) is 13.4. The molecule has 0 spiro atoms. The maximum atomic E-state index is 8.94. The largest absolute Gasteiger partial charge is 0.377 e. The Morgan fingerprint density at radius 2 is 1.88 bits per heavy atom. The second-order valence-corrected chi connectivity index (χ2v) is 6.38. The molecule has 0 bridgehead atoms. The lowest BCUT2D eigenvalue weighted by Gasteiger charge is -2.25. The Balaban J connectivity index is 1.50. The SMILES string of the molecule is N#Cc1ccc(-c2cnc3cc(-c4cnn(C5COC5)c4)ccn23)cc1. The fourth-order valence-electron chi connectivity index (χ4n) is 3.15. The fourth-order valence-corrected chi connectivity index (χ4v) is 3.15. The molecule has 4 heterocycles. The molecule has 126 valence electrons. The highest BCUT2D eigenvalue weighted by Crippen LogP contribution is 2.26. The zero-order valence-corrected chi connectivity index (χ0v) is 13.9. The van der Waals surface area contributed by atoms with Crippen molar-refractivity contribution >= 4 is 5.65 Å². The van der Waals surface area contributed by atoms with Crippen molar-refractivity contribution in [3.05, 3.63) is 66.7 Å². The van der Waals surface area contributed by atoms with Crippen molar-refractivity contribution in [3.63, 3.8) is 0 Å². The molecule has 0 aliphatic carbocycles. The topological polar surface area (TPSA) is 68.1 Å². The number of rotatable bonds is 3. The third-order valence-electron chi connectivity index (χ3n) is 4.75. The zero-order chi connectivity index (χ0) is 17.5. The van der Waals surface area contributed by atoms with Gasteiger partial charge >= 0.3 is 0 Å². The summed E-state index contributed by atoms with van der Waals surface area (Å²) in [5.74, 6) is 0. The van der Waals surface area contributed by atoms with Gasteiger partial charge in [-0.1, -0.05) is 12.1 Å². The van der Waals surface area contributed by atoms with E-state index >= 15 is 0 Å². The van der Waals surface area contributed by atoms with Crippen LogP contribution in [0.4, 0.5) is 0 Å². The first-order valence-electron chi connectivity index (χ1n) is 8.42. The minimum atomic E-state index is 0.349. The highest BCUT2D eigenvalue weighted by molar-refractivity contribution is 5.70. The van der Waals surface area contributed by atoms with Crippen molar-refractivity contribution in [2.24, 2.45) is 0 Å². The Labute approximate surface area is 149 Å². The molecule has 0 saturated carbocycles. The van der Waals surface area contributed by atoms with Crippen molar-refractivity contribution in [1.82, 2.24) is 19.2 Å². The van der Waals surface area contributed by atoms with Crippen LogP contribution in [0.25, 0.3) is 28.0 Å². The van der Waals surface area contributed by atoms with Crippen LogP contribution in [0.5, 0.6) is 0 Å². The molecule has 1 fully saturated rings. The number of imidazole rings is 1. The molecule has 6 nitrogen and oxygen atoms in total. The normalized spacial score (nSPS) is 14.3. The number of pyridine rings is 1. The summed E-state index contributed by atoms with van der Waals surface area (Å²) in [6.07, 6.45) is 7.82. The molecule has 5 rings (SSSR count). The third kappa shape index (κ3) is 2.38. The smallest absolute Gasteiger partial charge is 0.137 e. The van der Waals surface area contributed by atoms with Gasteiger partial charge in [-0.3, -0.25) is 9.08 Å². The van der Waals surface area contributed by atoms with E-state index in [1.165, 1.54) is 0 Å². The molecule has 1 aliphatic rings. The van der Waals surface area contributed by atoms with Gasteiger partial charge in [0, 0.05) is 23.5 Å². The summed E-state index contributed by atoms with van der Waals surface area (Å²) < 4.78 is 9.25. The molecule has 0 atom stereocenters. The summed E-state index contributed by atoms with van der Waals surface area (Å²) in [7, 11) is 0. The summed E-state index contributed by atoms with van der Waals surface area (Å²) in [6.45, 7) is 1.46. The van der Waals surface area contributed by atoms with Crippen molar-refractivity contribution in [2.45, 2.75) is 6.04 Å². The van der Waals surface area contributed by atoms with Gasteiger partial charge in [0.15, 0.2) is 0 Å². The van der Waals surface area contributed by atoms with Gasteiger partial charge in [-0.2, -0.15) is 10.4 Å². The Morgan fingerprint density at radius 1 is 1.04 bits per heavy atom. The lowest BCUT2D eigenvalue weighted by Crippen LogP contribution is -2.30. The van der Waals surface area contributed by atoms with E-state index in [0.717, 1.165) is 41.2 Å². The summed E-state index contributed by atoms with van der Waals surface area (Å²) >= 11 is 0. The van der Waals surface area contributed by atoms with Gasteiger partial charge in [0.2, 0.25) is 0 Å². The van der Waals surface area contributed by atoms with E-state index in [0.29, 0.717) is 11.6 Å². The Morgan fingerprint density at radius 3 is 2.62 bits per heavy atom. The van der Waals surface area contributed by atoms with Gasteiger partial charge in [-0.25, -0.2) is 4.98 Å². The molecule has 0 amide bonds. The first-order valence-corrected chi connectivity index (χ1v) is 8.42. The van der Waals surface area contributed by atoms with E-state index in [9.17, 15) is 0 Å². The minimum Gasteiger partial charge on any atom is -0.377 e. The lowest BCUT2D eigenvalue weighted by molar-refractivity contribution is -0.0286. The van der Waals surface area contributed by atoms with Crippen LogP contribution in [-0.2, 0) is 4.74 Å². The van der Waals surface area contributed by atoms with Gasteiger partial charge in [0.1, 0.15) is 5.65 Å². The molecule has 6 heteroatoms. The molecule has 26 heavy (non-hydrogen) atoms. The van der Waals surface area contributed by atoms with Crippen LogP contribution < -0.4 is 0 Å².